The molecule has 4 atom stereocenters. The van der Waals surface area contributed by atoms with Crippen molar-refractivity contribution in [1.82, 2.24) is 25.1 Å². The van der Waals surface area contributed by atoms with Gasteiger partial charge in [0, 0.05) is 37.6 Å². The van der Waals surface area contributed by atoms with Gasteiger partial charge in [0.15, 0.2) is 0 Å². The SMILES string of the molecule is Cc1nccn1-c1ccc(CNC(=O)[C@@H]2C[C@@H](O)CN2C(=O)[C@@H](NC(=O)CC2OCc3ccccc32)C(C)(C)C)cc1.O=C(O)C(F)(F)F. The summed E-state index contributed by atoms with van der Waals surface area (Å²) in [6, 6.07) is 13.8. The van der Waals surface area contributed by atoms with Crippen LogP contribution < -0.4 is 10.6 Å². The number of benzene rings is 2. The fourth-order valence-electron chi connectivity index (χ4n) is 5.67. The van der Waals surface area contributed by atoms with Crippen LogP contribution in [0.2, 0.25) is 0 Å². The minimum Gasteiger partial charge on any atom is -0.475 e. The van der Waals surface area contributed by atoms with Crippen molar-refractivity contribution in [2.75, 3.05) is 6.54 Å². The number of imidazole rings is 1. The number of aromatic nitrogens is 2. The Bertz CT molecular complexity index is 1650. The summed E-state index contributed by atoms with van der Waals surface area (Å²) < 4.78 is 39.5. The lowest BCUT2D eigenvalue weighted by Crippen LogP contribution is -2.57. The normalized spacial score (nSPS) is 19.3. The van der Waals surface area contributed by atoms with Gasteiger partial charge in [0.25, 0.3) is 0 Å². The maximum absolute atomic E-state index is 13.9. The molecular formula is C34H40F3N5O7. The van der Waals surface area contributed by atoms with Gasteiger partial charge in [-0.1, -0.05) is 57.2 Å². The molecule has 1 unspecified atom stereocenters. The smallest absolute Gasteiger partial charge is 0.475 e. The molecule has 3 heterocycles. The fourth-order valence-corrected chi connectivity index (χ4v) is 5.67. The highest BCUT2D eigenvalue weighted by Gasteiger charge is 2.44. The second-order valence-corrected chi connectivity index (χ2v) is 13.0. The Kier molecular flexibility index (Phi) is 11.5. The van der Waals surface area contributed by atoms with E-state index in [0.717, 1.165) is 28.2 Å². The van der Waals surface area contributed by atoms with Gasteiger partial charge < -0.3 is 35.1 Å². The van der Waals surface area contributed by atoms with E-state index in [0.29, 0.717) is 6.61 Å². The zero-order valence-electron chi connectivity index (χ0n) is 27.5. The molecule has 0 aliphatic carbocycles. The monoisotopic (exact) mass is 687 g/mol. The minimum atomic E-state index is -5.08. The number of hydrogen-bond acceptors (Lipinski definition) is 7. The average molecular weight is 688 g/mol. The van der Waals surface area contributed by atoms with Crippen LogP contribution in [0.4, 0.5) is 13.2 Å². The minimum absolute atomic E-state index is 0.0252. The molecule has 1 fully saturated rings. The number of carbonyl (C=O) groups excluding carboxylic acids is 3. The molecule has 49 heavy (non-hydrogen) atoms. The van der Waals surface area contributed by atoms with Gasteiger partial charge in [-0.15, -0.1) is 0 Å². The topological polar surface area (TPSA) is 163 Å². The van der Waals surface area contributed by atoms with Crippen LogP contribution in [-0.4, -0.2) is 79.3 Å². The largest absolute Gasteiger partial charge is 0.490 e. The molecule has 2 aromatic carbocycles. The molecular weight excluding hydrogens is 647 g/mol. The molecule has 3 aromatic rings. The fraction of sp³-hybridized carbons (Fsp3) is 0.441. The number of β-amino-alcohol motifs (C(OH)–C–C–N with tert-alkyl or cyclic N) is 1. The molecule has 3 amide bonds. The van der Waals surface area contributed by atoms with Crippen LogP contribution in [0.25, 0.3) is 5.69 Å². The van der Waals surface area contributed by atoms with Crippen molar-refractivity contribution in [2.24, 2.45) is 5.41 Å². The van der Waals surface area contributed by atoms with E-state index < -0.39 is 35.7 Å². The van der Waals surface area contributed by atoms with E-state index in [2.05, 4.69) is 15.6 Å². The van der Waals surface area contributed by atoms with E-state index in [-0.39, 0.29) is 49.8 Å². The van der Waals surface area contributed by atoms with Gasteiger partial charge in [0.05, 0.1) is 25.2 Å². The number of aryl methyl sites for hydroxylation is 1. The average Bonchev–Trinajstić information content (AvgIpc) is 3.76. The first-order chi connectivity index (χ1) is 23.0. The third-order valence-electron chi connectivity index (χ3n) is 8.25. The van der Waals surface area contributed by atoms with E-state index in [9.17, 15) is 32.7 Å². The summed E-state index contributed by atoms with van der Waals surface area (Å²) in [7, 11) is 0. The van der Waals surface area contributed by atoms with Crippen LogP contribution in [0.15, 0.2) is 60.9 Å². The number of aliphatic hydroxyl groups excluding tert-OH is 1. The lowest BCUT2D eigenvalue weighted by molar-refractivity contribution is -0.192. The van der Waals surface area contributed by atoms with Crippen LogP contribution >= 0.6 is 0 Å². The van der Waals surface area contributed by atoms with Gasteiger partial charge in [-0.3, -0.25) is 14.4 Å². The molecule has 0 saturated carbocycles. The molecule has 0 spiro atoms. The molecule has 2 aliphatic heterocycles. The zero-order chi connectivity index (χ0) is 36.1. The maximum Gasteiger partial charge on any atom is 0.490 e. The lowest BCUT2D eigenvalue weighted by atomic mass is 9.85. The second-order valence-electron chi connectivity index (χ2n) is 13.0. The van der Waals surface area contributed by atoms with E-state index in [1.54, 1.807) is 6.20 Å². The molecule has 0 radical (unpaired) electrons. The first-order valence-corrected chi connectivity index (χ1v) is 15.6. The molecule has 1 aromatic heterocycles. The number of carboxylic acids is 1. The number of aliphatic carboxylic acids is 1. The first kappa shape index (κ1) is 37.1. The molecule has 12 nitrogen and oxygen atoms in total. The number of nitrogens with one attached hydrogen (secondary N) is 2. The Labute approximate surface area is 281 Å². The number of carboxylic acid groups (broad SMARTS) is 1. The Morgan fingerprint density at radius 2 is 1.71 bits per heavy atom. The number of likely N-dealkylation sites (tertiary alicyclic amines) is 1. The van der Waals surface area contributed by atoms with Crippen molar-refractivity contribution in [2.45, 2.75) is 84.2 Å². The van der Waals surface area contributed by atoms with Crippen molar-refractivity contribution in [3.63, 3.8) is 0 Å². The highest BCUT2D eigenvalue weighted by Crippen LogP contribution is 2.33. The lowest BCUT2D eigenvalue weighted by Gasteiger charge is -2.35. The van der Waals surface area contributed by atoms with E-state index in [1.807, 2.05) is 87.0 Å². The van der Waals surface area contributed by atoms with Crippen LogP contribution in [0.3, 0.4) is 0 Å². The number of ether oxygens (including phenoxy) is 1. The van der Waals surface area contributed by atoms with Crippen LogP contribution in [0.5, 0.6) is 0 Å². The summed E-state index contributed by atoms with van der Waals surface area (Å²) >= 11 is 0. The molecule has 2 aliphatic rings. The van der Waals surface area contributed by atoms with Crippen LogP contribution in [0, 0.1) is 12.3 Å². The van der Waals surface area contributed by atoms with Gasteiger partial charge in [-0.05, 0) is 41.2 Å². The second kappa shape index (κ2) is 15.2. The number of nitrogens with zero attached hydrogens (tertiary/aromatic N) is 3. The number of fused-ring (bicyclic) bond motifs is 1. The number of rotatable bonds is 8. The van der Waals surface area contributed by atoms with E-state index >= 15 is 0 Å². The summed E-state index contributed by atoms with van der Waals surface area (Å²) in [5.74, 6) is -2.92. The summed E-state index contributed by atoms with van der Waals surface area (Å²) in [4.78, 5) is 54.8. The molecule has 15 heteroatoms. The van der Waals surface area contributed by atoms with E-state index in [1.165, 1.54) is 4.90 Å². The predicted molar refractivity (Wildman–Crippen MR) is 170 cm³/mol. The van der Waals surface area contributed by atoms with Crippen molar-refractivity contribution in [3.05, 3.63) is 83.4 Å². The standard InChI is InChI=1S/C32H39N5O5.C2HF3O2/c1-20-33-13-14-36(20)23-11-9-21(10-12-23)17-34-30(40)26-15-24(38)18-37(26)31(41)29(32(2,3)4)35-28(39)16-27-25-8-6-5-7-22(25)19-42-27;3-2(4,5)1(6)7/h5-14,24,26-27,29,38H,15-19H2,1-4H3,(H,34,40)(H,35,39);(H,6,7)/t24-,26+,27?,29-;/m1./s1. The molecule has 0 bridgehead atoms. The molecule has 1 saturated heterocycles. The van der Waals surface area contributed by atoms with Crippen LogP contribution in [-0.2, 0) is 37.1 Å². The number of hydrogen-bond donors (Lipinski definition) is 4. The number of carbonyl (C=O) groups is 4. The van der Waals surface area contributed by atoms with Gasteiger partial charge in [0.2, 0.25) is 17.7 Å². The van der Waals surface area contributed by atoms with Gasteiger partial charge in [-0.25, -0.2) is 9.78 Å². The number of aliphatic hydroxyl groups is 1. The Balaban J connectivity index is 0.000000698. The van der Waals surface area contributed by atoms with Crippen molar-refractivity contribution in [3.8, 4) is 5.69 Å². The van der Waals surface area contributed by atoms with Crippen molar-refractivity contribution in [1.29, 1.82) is 0 Å². The number of halogens is 3. The van der Waals surface area contributed by atoms with Gasteiger partial charge in [-0.2, -0.15) is 13.2 Å². The predicted octanol–water partition coefficient (Wildman–Crippen LogP) is 3.58. The van der Waals surface area contributed by atoms with E-state index in [4.69, 9.17) is 14.6 Å². The Morgan fingerprint density at radius 1 is 1.06 bits per heavy atom. The van der Waals surface area contributed by atoms with Gasteiger partial charge >= 0.3 is 12.1 Å². The summed E-state index contributed by atoms with van der Waals surface area (Å²) in [6.07, 6.45) is -2.44. The highest BCUT2D eigenvalue weighted by molar-refractivity contribution is 5.93. The van der Waals surface area contributed by atoms with Gasteiger partial charge in [0.1, 0.15) is 17.9 Å². The highest BCUT2D eigenvalue weighted by atomic mass is 19.4. The third-order valence-corrected chi connectivity index (χ3v) is 8.25. The van der Waals surface area contributed by atoms with Crippen molar-refractivity contribution < 1.29 is 47.3 Å². The summed E-state index contributed by atoms with van der Waals surface area (Å²) in [5, 5.41) is 23.4. The zero-order valence-corrected chi connectivity index (χ0v) is 27.5. The maximum atomic E-state index is 13.9. The molecule has 4 N–H and O–H groups in total. The number of amides is 3. The first-order valence-electron chi connectivity index (χ1n) is 15.6. The molecule has 5 rings (SSSR count). The van der Waals surface area contributed by atoms with Crippen molar-refractivity contribution >= 4 is 23.7 Å². The summed E-state index contributed by atoms with van der Waals surface area (Å²) in [5.41, 5.74) is 3.28. The Hall–Kier alpha value is -4.76. The molecule has 264 valence electrons. The summed E-state index contributed by atoms with van der Waals surface area (Å²) in [6.45, 7) is 8.29. The number of alkyl halides is 3. The quantitative estimate of drug-likeness (QED) is 0.279. The van der Waals surface area contributed by atoms with Crippen LogP contribution in [0.1, 0.15) is 62.2 Å². The third kappa shape index (κ3) is 9.44. The Morgan fingerprint density at radius 3 is 2.31 bits per heavy atom.